The summed E-state index contributed by atoms with van der Waals surface area (Å²) in [5.74, 6) is 1.20. The highest BCUT2D eigenvalue weighted by Gasteiger charge is 2.21. The smallest absolute Gasteiger partial charge is 0.289 e. The maximum Gasteiger partial charge on any atom is 0.289 e. The molecule has 1 aliphatic rings. The van der Waals surface area contributed by atoms with Crippen molar-refractivity contribution in [2.24, 2.45) is 5.10 Å². The Kier molecular flexibility index (Phi) is 4.74. The van der Waals surface area contributed by atoms with Crippen LogP contribution < -0.4 is 14.9 Å². The van der Waals surface area contributed by atoms with E-state index in [0.717, 1.165) is 29.0 Å². The zero-order valence-corrected chi connectivity index (χ0v) is 13.7. The second-order valence-corrected chi connectivity index (χ2v) is 5.48. The van der Waals surface area contributed by atoms with Crippen molar-refractivity contribution in [3.63, 3.8) is 0 Å². The number of nitrogens with one attached hydrogen (secondary N) is 1. The van der Waals surface area contributed by atoms with Crippen molar-refractivity contribution < 1.29 is 14.3 Å². The van der Waals surface area contributed by atoms with Crippen molar-refractivity contribution >= 4 is 12.1 Å². The molecular weight excluding hydrogens is 306 g/mol. The van der Waals surface area contributed by atoms with Crippen molar-refractivity contribution in [1.82, 2.24) is 10.4 Å². The van der Waals surface area contributed by atoms with Crippen molar-refractivity contribution in [2.75, 3.05) is 6.61 Å². The predicted molar refractivity (Wildman–Crippen MR) is 90.7 cm³/mol. The fraction of sp³-hybridized carbons (Fsp3) is 0.278. The zero-order chi connectivity index (χ0) is 16.9. The van der Waals surface area contributed by atoms with Crippen LogP contribution in [0.25, 0.3) is 0 Å². The molecular formula is C18H19N3O3. The summed E-state index contributed by atoms with van der Waals surface area (Å²) in [7, 11) is 0. The van der Waals surface area contributed by atoms with Gasteiger partial charge < -0.3 is 9.47 Å². The molecule has 6 heteroatoms. The number of amides is 1. The van der Waals surface area contributed by atoms with E-state index in [0.29, 0.717) is 12.3 Å². The van der Waals surface area contributed by atoms with Crippen LogP contribution in [0.5, 0.6) is 11.5 Å². The second-order valence-electron chi connectivity index (χ2n) is 5.48. The number of pyridine rings is 1. The van der Waals surface area contributed by atoms with E-state index in [1.807, 2.05) is 26.0 Å². The number of benzene rings is 1. The molecule has 1 amide bonds. The number of rotatable bonds is 5. The van der Waals surface area contributed by atoms with Gasteiger partial charge >= 0.3 is 0 Å². The molecule has 0 unspecified atom stereocenters. The summed E-state index contributed by atoms with van der Waals surface area (Å²) in [5.41, 5.74) is 4.66. The molecule has 1 N–H and O–H groups in total. The minimum atomic E-state index is -0.365. The van der Waals surface area contributed by atoms with Crippen LogP contribution in [-0.4, -0.2) is 29.8 Å². The molecule has 1 atom stereocenters. The summed E-state index contributed by atoms with van der Waals surface area (Å²) in [6, 6.07) is 8.99. The number of fused-ring (bicyclic) bond motifs is 1. The van der Waals surface area contributed by atoms with E-state index in [2.05, 4.69) is 15.5 Å². The number of carbonyl (C=O) groups is 1. The number of hydrogen-bond acceptors (Lipinski definition) is 5. The summed E-state index contributed by atoms with van der Waals surface area (Å²) in [4.78, 5) is 15.9. The van der Waals surface area contributed by atoms with Crippen LogP contribution in [0.3, 0.4) is 0 Å². The fourth-order valence-corrected chi connectivity index (χ4v) is 2.55. The molecule has 0 radical (unpaired) electrons. The van der Waals surface area contributed by atoms with Crippen molar-refractivity contribution in [3.8, 4) is 11.5 Å². The molecule has 1 aliphatic heterocycles. The lowest BCUT2D eigenvalue weighted by atomic mass is 10.1. The largest absolute Gasteiger partial charge is 0.493 e. The first-order valence-electron chi connectivity index (χ1n) is 7.88. The molecule has 6 nitrogen and oxygen atoms in total. The van der Waals surface area contributed by atoms with Gasteiger partial charge in [-0.3, -0.25) is 9.78 Å². The van der Waals surface area contributed by atoms with E-state index < -0.39 is 0 Å². The molecule has 124 valence electrons. The summed E-state index contributed by atoms with van der Waals surface area (Å²) in [5, 5.41) is 4.01. The van der Waals surface area contributed by atoms with Gasteiger partial charge in [-0.05, 0) is 38.1 Å². The number of hydrazone groups is 1. The van der Waals surface area contributed by atoms with Gasteiger partial charge in [0.15, 0.2) is 0 Å². The first-order valence-corrected chi connectivity index (χ1v) is 7.88. The quantitative estimate of drug-likeness (QED) is 0.677. The average Bonchev–Trinajstić information content (AvgIpc) is 2.95. The molecule has 24 heavy (non-hydrogen) atoms. The Morgan fingerprint density at radius 3 is 3.12 bits per heavy atom. The molecule has 2 heterocycles. The SMILES string of the molecule is CCOc1cc2c(cc1/C=N\NC(=O)c1ccccn1)O[C@H](C)C2. The molecule has 0 aliphatic carbocycles. The highest BCUT2D eigenvalue weighted by molar-refractivity contribution is 5.93. The summed E-state index contributed by atoms with van der Waals surface area (Å²) in [6.45, 7) is 4.51. The van der Waals surface area contributed by atoms with Gasteiger partial charge in [-0.1, -0.05) is 6.07 Å². The highest BCUT2D eigenvalue weighted by Crippen LogP contribution is 2.34. The van der Waals surface area contributed by atoms with Crippen LogP contribution in [0.2, 0.25) is 0 Å². The van der Waals surface area contributed by atoms with E-state index in [-0.39, 0.29) is 12.0 Å². The van der Waals surface area contributed by atoms with Crippen molar-refractivity contribution in [2.45, 2.75) is 26.4 Å². The van der Waals surface area contributed by atoms with Gasteiger partial charge in [0.25, 0.3) is 5.91 Å². The van der Waals surface area contributed by atoms with Gasteiger partial charge in [-0.15, -0.1) is 0 Å². The molecule has 0 fully saturated rings. The van der Waals surface area contributed by atoms with Crippen LogP contribution in [0.1, 0.15) is 35.5 Å². The number of nitrogens with zero attached hydrogens (tertiary/aromatic N) is 2. The lowest BCUT2D eigenvalue weighted by molar-refractivity contribution is 0.0950. The van der Waals surface area contributed by atoms with Crippen LogP contribution in [0.15, 0.2) is 41.6 Å². The minimum absolute atomic E-state index is 0.158. The zero-order valence-electron chi connectivity index (χ0n) is 13.7. The summed E-state index contributed by atoms with van der Waals surface area (Å²) < 4.78 is 11.4. The van der Waals surface area contributed by atoms with E-state index >= 15 is 0 Å². The lowest BCUT2D eigenvalue weighted by Gasteiger charge is -2.09. The van der Waals surface area contributed by atoms with E-state index in [1.54, 1.807) is 30.6 Å². The molecule has 3 rings (SSSR count). The van der Waals surface area contributed by atoms with Crippen LogP contribution in [0, 0.1) is 0 Å². The van der Waals surface area contributed by atoms with Gasteiger partial charge in [-0.2, -0.15) is 5.10 Å². The predicted octanol–water partition coefficient (Wildman–Crippen LogP) is 2.57. The lowest BCUT2D eigenvalue weighted by Crippen LogP contribution is -2.18. The van der Waals surface area contributed by atoms with Crippen molar-refractivity contribution in [3.05, 3.63) is 53.3 Å². The first-order chi connectivity index (χ1) is 11.7. The van der Waals surface area contributed by atoms with Crippen molar-refractivity contribution in [1.29, 1.82) is 0 Å². The van der Waals surface area contributed by atoms with E-state index in [4.69, 9.17) is 9.47 Å². The molecule has 0 saturated carbocycles. The Hall–Kier alpha value is -2.89. The Morgan fingerprint density at radius 2 is 2.38 bits per heavy atom. The number of aromatic nitrogens is 1. The summed E-state index contributed by atoms with van der Waals surface area (Å²) >= 11 is 0. The Bertz CT molecular complexity index is 760. The third-order valence-corrected chi connectivity index (χ3v) is 3.60. The standard InChI is InChI=1S/C18H19N3O3/c1-3-23-16-9-13-8-12(2)24-17(13)10-14(16)11-20-21-18(22)15-6-4-5-7-19-15/h4-7,9-12H,3,8H2,1-2H3,(H,21,22)/b20-11-/t12-/m1/s1. The monoisotopic (exact) mass is 325 g/mol. The average molecular weight is 325 g/mol. The first kappa shape index (κ1) is 16.0. The Labute approximate surface area is 140 Å². The van der Waals surface area contributed by atoms with Crippen LogP contribution >= 0.6 is 0 Å². The molecule has 0 spiro atoms. The fourth-order valence-electron chi connectivity index (χ4n) is 2.55. The van der Waals surface area contributed by atoms with Crippen LogP contribution in [-0.2, 0) is 6.42 Å². The van der Waals surface area contributed by atoms with Gasteiger partial charge in [0.1, 0.15) is 23.3 Å². The Morgan fingerprint density at radius 1 is 1.50 bits per heavy atom. The van der Waals surface area contributed by atoms with E-state index in [1.165, 1.54) is 0 Å². The third kappa shape index (κ3) is 3.53. The van der Waals surface area contributed by atoms with Gasteiger partial charge in [0.05, 0.1) is 12.8 Å². The molecule has 0 saturated heterocycles. The minimum Gasteiger partial charge on any atom is -0.493 e. The van der Waals surface area contributed by atoms with Gasteiger partial charge in [0.2, 0.25) is 0 Å². The number of hydrogen-bond donors (Lipinski definition) is 1. The number of ether oxygens (including phenoxy) is 2. The van der Waals surface area contributed by atoms with Gasteiger partial charge in [0, 0.05) is 23.7 Å². The topological polar surface area (TPSA) is 72.8 Å². The highest BCUT2D eigenvalue weighted by atomic mass is 16.5. The third-order valence-electron chi connectivity index (χ3n) is 3.60. The second kappa shape index (κ2) is 7.12. The normalized spacial score (nSPS) is 15.8. The molecule has 1 aromatic carbocycles. The molecule has 2 aromatic rings. The number of carbonyl (C=O) groups excluding carboxylic acids is 1. The van der Waals surface area contributed by atoms with Crippen LogP contribution in [0.4, 0.5) is 0 Å². The van der Waals surface area contributed by atoms with E-state index in [9.17, 15) is 4.79 Å². The Balaban J connectivity index is 1.76. The van der Waals surface area contributed by atoms with Gasteiger partial charge in [-0.25, -0.2) is 5.43 Å². The summed E-state index contributed by atoms with van der Waals surface area (Å²) in [6.07, 6.45) is 4.14. The maximum atomic E-state index is 11.9. The molecule has 0 bridgehead atoms. The maximum absolute atomic E-state index is 11.9. The molecule has 1 aromatic heterocycles.